The Balaban J connectivity index is 1.70. The highest BCUT2D eigenvalue weighted by Gasteiger charge is 2.10. The first kappa shape index (κ1) is 16.0. The number of rotatable bonds is 3. The SMILES string of the molecule is Cc1ccc2c(CSc3ccc4ccccc4c3)cc(=O)oc2c1C. The summed E-state index contributed by atoms with van der Waals surface area (Å²) in [5.41, 5.74) is 3.62. The van der Waals surface area contributed by atoms with Crippen LogP contribution in [0.15, 0.2) is 74.8 Å². The van der Waals surface area contributed by atoms with Gasteiger partial charge < -0.3 is 4.42 Å². The van der Waals surface area contributed by atoms with Crippen LogP contribution in [-0.4, -0.2) is 0 Å². The molecular weight excluding hydrogens is 328 g/mol. The standard InChI is InChI=1S/C22H18O2S/c1-14-7-10-20-18(12-21(23)24-22(20)15(14)2)13-25-19-9-8-16-5-3-4-6-17(16)11-19/h3-12H,13H2,1-2H3. The lowest BCUT2D eigenvalue weighted by molar-refractivity contribution is 0.557. The smallest absolute Gasteiger partial charge is 0.336 e. The summed E-state index contributed by atoms with van der Waals surface area (Å²) in [6.45, 7) is 4.03. The first-order chi connectivity index (χ1) is 12.1. The van der Waals surface area contributed by atoms with Crippen LogP contribution in [0.4, 0.5) is 0 Å². The third-order valence-corrected chi connectivity index (χ3v) is 5.68. The van der Waals surface area contributed by atoms with E-state index in [2.05, 4.69) is 54.6 Å². The molecule has 0 radical (unpaired) electrons. The third kappa shape index (κ3) is 3.08. The summed E-state index contributed by atoms with van der Waals surface area (Å²) in [5.74, 6) is 0.739. The maximum absolute atomic E-state index is 12.0. The highest BCUT2D eigenvalue weighted by Crippen LogP contribution is 2.30. The molecule has 0 bridgehead atoms. The van der Waals surface area contributed by atoms with Gasteiger partial charge in [-0.2, -0.15) is 0 Å². The summed E-state index contributed by atoms with van der Waals surface area (Å²) in [6.07, 6.45) is 0. The van der Waals surface area contributed by atoms with E-state index >= 15 is 0 Å². The lowest BCUT2D eigenvalue weighted by atomic mass is 10.0. The van der Waals surface area contributed by atoms with Crippen molar-refractivity contribution in [1.29, 1.82) is 0 Å². The molecule has 0 N–H and O–H groups in total. The zero-order chi connectivity index (χ0) is 17.4. The lowest BCUT2D eigenvalue weighted by Crippen LogP contribution is -2.01. The molecule has 0 aliphatic carbocycles. The predicted molar refractivity (Wildman–Crippen MR) is 105 cm³/mol. The summed E-state index contributed by atoms with van der Waals surface area (Å²) >= 11 is 1.74. The Morgan fingerprint density at radius 2 is 1.72 bits per heavy atom. The lowest BCUT2D eigenvalue weighted by Gasteiger charge is -2.09. The van der Waals surface area contributed by atoms with Gasteiger partial charge in [0.05, 0.1) is 0 Å². The van der Waals surface area contributed by atoms with Gasteiger partial charge in [0.2, 0.25) is 0 Å². The van der Waals surface area contributed by atoms with Gasteiger partial charge in [-0.25, -0.2) is 4.79 Å². The molecule has 3 aromatic carbocycles. The van der Waals surface area contributed by atoms with Crippen molar-refractivity contribution in [3.63, 3.8) is 0 Å². The number of benzene rings is 3. The third-order valence-electron chi connectivity index (χ3n) is 4.63. The molecule has 0 atom stereocenters. The summed E-state index contributed by atoms with van der Waals surface area (Å²) in [7, 11) is 0. The number of thioether (sulfide) groups is 1. The van der Waals surface area contributed by atoms with Crippen LogP contribution in [0.5, 0.6) is 0 Å². The summed E-state index contributed by atoms with van der Waals surface area (Å²) in [5, 5.41) is 3.50. The van der Waals surface area contributed by atoms with Crippen LogP contribution in [0.3, 0.4) is 0 Å². The maximum Gasteiger partial charge on any atom is 0.336 e. The van der Waals surface area contributed by atoms with E-state index in [1.54, 1.807) is 17.8 Å². The van der Waals surface area contributed by atoms with Crippen LogP contribution in [0.25, 0.3) is 21.7 Å². The molecule has 0 aliphatic rings. The number of hydrogen-bond acceptors (Lipinski definition) is 3. The van der Waals surface area contributed by atoms with Crippen molar-refractivity contribution in [2.75, 3.05) is 0 Å². The molecule has 2 nitrogen and oxygen atoms in total. The topological polar surface area (TPSA) is 30.2 Å². The Kier molecular flexibility index (Phi) is 4.10. The Bertz CT molecular complexity index is 1140. The van der Waals surface area contributed by atoms with Crippen LogP contribution >= 0.6 is 11.8 Å². The Hall–Kier alpha value is -2.52. The van der Waals surface area contributed by atoms with E-state index < -0.39 is 0 Å². The molecule has 0 amide bonds. The zero-order valence-corrected chi connectivity index (χ0v) is 15.0. The fraction of sp³-hybridized carbons (Fsp3) is 0.136. The van der Waals surface area contributed by atoms with Crippen LogP contribution in [0.2, 0.25) is 0 Å². The van der Waals surface area contributed by atoms with Gasteiger partial charge >= 0.3 is 5.63 Å². The fourth-order valence-corrected chi connectivity index (χ4v) is 4.00. The first-order valence-electron chi connectivity index (χ1n) is 8.26. The minimum Gasteiger partial charge on any atom is -0.422 e. The van der Waals surface area contributed by atoms with E-state index in [-0.39, 0.29) is 5.63 Å². The van der Waals surface area contributed by atoms with Gasteiger partial charge in [0.15, 0.2) is 0 Å². The average Bonchev–Trinajstić information content (AvgIpc) is 2.63. The van der Waals surface area contributed by atoms with Gasteiger partial charge in [-0.3, -0.25) is 0 Å². The Morgan fingerprint density at radius 1 is 0.920 bits per heavy atom. The molecule has 124 valence electrons. The molecule has 0 unspecified atom stereocenters. The van der Waals surface area contributed by atoms with Crippen molar-refractivity contribution in [2.24, 2.45) is 0 Å². The average molecular weight is 346 g/mol. The molecule has 1 aromatic heterocycles. The largest absolute Gasteiger partial charge is 0.422 e. The van der Waals surface area contributed by atoms with Crippen LogP contribution in [0.1, 0.15) is 16.7 Å². The second-order valence-corrected chi connectivity index (χ2v) is 7.32. The Morgan fingerprint density at radius 3 is 2.56 bits per heavy atom. The van der Waals surface area contributed by atoms with Gasteiger partial charge in [-0.05, 0) is 53.4 Å². The van der Waals surface area contributed by atoms with Gasteiger partial charge in [0.25, 0.3) is 0 Å². The van der Waals surface area contributed by atoms with Crippen LogP contribution < -0.4 is 5.63 Å². The minimum atomic E-state index is -0.282. The van der Waals surface area contributed by atoms with E-state index in [0.29, 0.717) is 5.58 Å². The number of aryl methyl sites for hydroxylation is 2. The highest BCUT2D eigenvalue weighted by atomic mass is 32.2. The van der Waals surface area contributed by atoms with Gasteiger partial charge in [-0.15, -0.1) is 11.8 Å². The molecule has 0 spiro atoms. The van der Waals surface area contributed by atoms with Gasteiger partial charge in [0.1, 0.15) is 5.58 Å². The van der Waals surface area contributed by atoms with E-state index in [4.69, 9.17) is 4.42 Å². The summed E-state index contributed by atoms with van der Waals surface area (Å²) in [6, 6.07) is 20.6. The second kappa shape index (κ2) is 6.41. The number of fused-ring (bicyclic) bond motifs is 2. The highest BCUT2D eigenvalue weighted by molar-refractivity contribution is 7.98. The minimum absolute atomic E-state index is 0.282. The van der Waals surface area contributed by atoms with Gasteiger partial charge in [0, 0.05) is 22.1 Å². The van der Waals surface area contributed by atoms with E-state index in [1.165, 1.54) is 15.7 Å². The van der Waals surface area contributed by atoms with Crippen molar-refractivity contribution in [3.8, 4) is 0 Å². The first-order valence-corrected chi connectivity index (χ1v) is 9.25. The summed E-state index contributed by atoms with van der Waals surface area (Å²) < 4.78 is 5.46. The monoisotopic (exact) mass is 346 g/mol. The molecule has 0 fully saturated rings. The van der Waals surface area contributed by atoms with Crippen molar-refractivity contribution in [2.45, 2.75) is 24.5 Å². The number of hydrogen-bond donors (Lipinski definition) is 0. The molecule has 1 heterocycles. The fourth-order valence-electron chi connectivity index (χ4n) is 3.06. The van der Waals surface area contributed by atoms with Crippen LogP contribution in [0, 0.1) is 13.8 Å². The molecule has 25 heavy (non-hydrogen) atoms. The predicted octanol–water partition coefficient (Wildman–Crippen LogP) is 5.86. The molecule has 3 heteroatoms. The molecular formula is C22H18O2S. The normalized spacial score (nSPS) is 11.3. The van der Waals surface area contributed by atoms with Crippen molar-refractivity contribution >= 4 is 33.5 Å². The van der Waals surface area contributed by atoms with Gasteiger partial charge in [-0.1, -0.05) is 42.5 Å². The van der Waals surface area contributed by atoms with E-state index in [0.717, 1.165) is 27.8 Å². The van der Waals surface area contributed by atoms with Crippen LogP contribution in [-0.2, 0) is 5.75 Å². The van der Waals surface area contributed by atoms with E-state index in [9.17, 15) is 4.79 Å². The summed E-state index contributed by atoms with van der Waals surface area (Å²) in [4.78, 5) is 13.2. The van der Waals surface area contributed by atoms with Crippen molar-refractivity contribution < 1.29 is 4.42 Å². The molecule has 4 aromatic rings. The Labute approximate surface area is 150 Å². The zero-order valence-electron chi connectivity index (χ0n) is 14.2. The second-order valence-electron chi connectivity index (χ2n) is 6.27. The quantitative estimate of drug-likeness (QED) is 0.344. The molecule has 0 saturated heterocycles. The van der Waals surface area contributed by atoms with Crippen molar-refractivity contribution in [1.82, 2.24) is 0 Å². The molecule has 4 rings (SSSR count). The molecule has 0 aliphatic heterocycles. The molecule has 0 saturated carbocycles. The maximum atomic E-state index is 12.0. The van der Waals surface area contributed by atoms with Crippen molar-refractivity contribution in [3.05, 3.63) is 87.8 Å². The van der Waals surface area contributed by atoms with E-state index in [1.807, 2.05) is 13.8 Å².